The molecule has 1 aromatic rings. The van der Waals surface area contributed by atoms with Crippen LogP contribution in [0.3, 0.4) is 0 Å². The molecule has 1 atom stereocenters. The van der Waals surface area contributed by atoms with E-state index in [0.717, 1.165) is 6.54 Å². The van der Waals surface area contributed by atoms with Gasteiger partial charge in [0.05, 0.1) is 0 Å². The fourth-order valence-electron chi connectivity index (χ4n) is 1.87. The Morgan fingerprint density at radius 1 is 1.24 bits per heavy atom. The lowest BCUT2D eigenvalue weighted by Gasteiger charge is -2.14. The van der Waals surface area contributed by atoms with E-state index in [1.165, 1.54) is 22.3 Å². The van der Waals surface area contributed by atoms with Gasteiger partial charge in [0.15, 0.2) is 0 Å². The molecule has 1 amide bonds. The van der Waals surface area contributed by atoms with Crippen molar-refractivity contribution in [1.29, 1.82) is 0 Å². The minimum absolute atomic E-state index is 0.119. The van der Waals surface area contributed by atoms with Crippen molar-refractivity contribution in [1.82, 2.24) is 5.32 Å². The van der Waals surface area contributed by atoms with Gasteiger partial charge in [-0.2, -0.15) is 0 Å². The van der Waals surface area contributed by atoms with Crippen molar-refractivity contribution in [3.8, 4) is 0 Å². The molecule has 0 fully saturated rings. The van der Waals surface area contributed by atoms with Crippen LogP contribution in [0.4, 0.5) is 0 Å². The number of amides is 1. The smallest absolute Gasteiger partial charge is 0.218 e. The van der Waals surface area contributed by atoms with Gasteiger partial charge in [0.25, 0.3) is 0 Å². The third kappa shape index (κ3) is 4.19. The van der Waals surface area contributed by atoms with Crippen LogP contribution in [0.25, 0.3) is 0 Å². The van der Waals surface area contributed by atoms with E-state index in [9.17, 15) is 4.79 Å². The summed E-state index contributed by atoms with van der Waals surface area (Å²) in [7, 11) is 0. The molecule has 1 unspecified atom stereocenters. The molecule has 0 aliphatic rings. The largest absolute Gasteiger partial charge is 0.370 e. The summed E-state index contributed by atoms with van der Waals surface area (Å²) in [6.45, 7) is 9.10. The summed E-state index contributed by atoms with van der Waals surface area (Å²) in [5.74, 6) is -0.262. The lowest BCUT2D eigenvalue weighted by Crippen LogP contribution is -2.30. The predicted molar refractivity (Wildman–Crippen MR) is 70.8 cm³/mol. The molecule has 1 rings (SSSR count). The monoisotopic (exact) mass is 234 g/mol. The fraction of sp³-hybridized carbons (Fsp3) is 0.500. The second-order valence-corrected chi connectivity index (χ2v) is 4.82. The summed E-state index contributed by atoms with van der Waals surface area (Å²) in [4.78, 5) is 10.8. The Balaban J connectivity index is 2.63. The Labute approximate surface area is 103 Å². The maximum Gasteiger partial charge on any atom is 0.218 e. The molecule has 17 heavy (non-hydrogen) atoms. The van der Waals surface area contributed by atoms with Crippen LogP contribution in [0.1, 0.15) is 35.6 Å². The standard InChI is InChI=1S/C14H22N2O/c1-9-5-11(3)13(6-10(9)2)8-16-12(4)7-14(15)17/h5-6,12,16H,7-8H2,1-4H3,(H2,15,17). The van der Waals surface area contributed by atoms with Crippen molar-refractivity contribution in [3.05, 3.63) is 34.4 Å². The summed E-state index contributed by atoms with van der Waals surface area (Å²) in [6.07, 6.45) is 0.379. The number of benzene rings is 1. The van der Waals surface area contributed by atoms with Gasteiger partial charge in [0, 0.05) is 19.0 Å². The number of hydrogen-bond donors (Lipinski definition) is 2. The summed E-state index contributed by atoms with van der Waals surface area (Å²) >= 11 is 0. The molecule has 0 aliphatic heterocycles. The van der Waals surface area contributed by atoms with E-state index in [0.29, 0.717) is 6.42 Å². The third-order valence-corrected chi connectivity index (χ3v) is 3.10. The lowest BCUT2D eigenvalue weighted by molar-refractivity contribution is -0.118. The molecule has 94 valence electrons. The van der Waals surface area contributed by atoms with Gasteiger partial charge in [0.2, 0.25) is 5.91 Å². The zero-order valence-corrected chi connectivity index (χ0v) is 11.1. The van der Waals surface area contributed by atoms with Gasteiger partial charge in [-0.25, -0.2) is 0 Å². The minimum atomic E-state index is -0.262. The van der Waals surface area contributed by atoms with Crippen LogP contribution in [-0.2, 0) is 11.3 Å². The molecule has 3 N–H and O–H groups in total. The molecule has 1 aromatic carbocycles. The molecule has 3 heteroatoms. The van der Waals surface area contributed by atoms with Crippen LogP contribution in [0, 0.1) is 20.8 Å². The highest BCUT2D eigenvalue weighted by Crippen LogP contribution is 2.15. The second-order valence-electron chi connectivity index (χ2n) is 4.82. The number of carbonyl (C=O) groups is 1. The minimum Gasteiger partial charge on any atom is -0.370 e. The number of carbonyl (C=O) groups excluding carboxylic acids is 1. The number of rotatable bonds is 5. The average Bonchev–Trinajstić information content (AvgIpc) is 2.20. The van der Waals surface area contributed by atoms with Crippen LogP contribution in [0.5, 0.6) is 0 Å². The Morgan fingerprint density at radius 3 is 2.41 bits per heavy atom. The van der Waals surface area contributed by atoms with Gasteiger partial charge in [-0.3, -0.25) is 4.79 Å². The molecule has 0 radical (unpaired) electrons. The maximum atomic E-state index is 10.8. The SMILES string of the molecule is Cc1cc(C)c(CNC(C)CC(N)=O)cc1C. The molecule has 0 heterocycles. The molecule has 3 nitrogen and oxygen atoms in total. The number of nitrogens with one attached hydrogen (secondary N) is 1. The van der Waals surface area contributed by atoms with Crippen LogP contribution >= 0.6 is 0 Å². The molecule has 0 aromatic heterocycles. The summed E-state index contributed by atoms with van der Waals surface area (Å²) < 4.78 is 0. The molecular weight excluding hydrogens is 212 g/mol. The number of primary amides is 1. The highest BCUT2D eigenvalue weighted by atomic mass is 16.1. The Hall–Kier alpha value is -1.35. The second kappa shape index (κ2) is 5.82. The normalized spacial score (nSPS) is 12.5. The van der Waals surface area contributed by atoms with Crippen molar-refractivity contribution in [2.24, 2.45) is 5.73 Å². The number of hydrogen-bond acceptors (Lipinski definition) is 2. The zero-order valence-electron chi connectivity index (χ0n) is 11.1. The highest BCUT2D eigenvalue weighted by molar-refractivity contribution is 5.74. The lowest BCUT2D eigenvalue weighted by atomic mass is 10.0. The first-order chi connectivity index (χ1) is 7.90. The molecule has 0 saturated heterocycles. The number of aryl methyl sites for hydroxylation is 3. The van der Waals surface area contributed by atoms with E-state index in [4.69, 9.17) is 5.73 Å². The van der Waals surface area contributed by atoms with Gasteiger partial charge in [-0.1, -0.05) is 12.1 Å². The van der Waals surface area contributed by atoms with Crippen molar-refractivity contribution < 1.29 is 4.79 Å². The highest BCUT2D eigenvalue weighted by Gasteiger charge is 2.07. The maximum absolute atomic E-state index is 10.8. The summed E-state index contributed by atoms with van der Waals surface area (Å²) in [5.41, 5.74) is 10.3. The van der Waals surface area contributed by atoms with Crippen LogP contribution in [0.2, 0.25) is 0 Å². The van der Waals surface area contributed by atoms with Gasteiger partial charge in [-0.15, -0.1) is 0 Å². The van der Waals surface area contributed by atoms with Gasteiger partial charge in [0.1, 0.15) is 0 Å². The van der Waals surface area contributed by atoms with Crippen molar-refractivity contribution in [3.63, 3.8) is 0 Å². The molecule has 0 aliphatic carbocycles. The Kier molecular flexibility index (Phi) is 4.70. The van der Waals surface area contributed by atoms with Crippen molar-refractivity contribution in [2.45, 2.75) is 46.7 Å². The quantitative estimate of drug-likeness (QED) is 0.818. The molecular formula is C14H22N2O. The van der Waals surface area contributed by atoms with E-state index in [1.54, 1.807) is 0 Å². The summed E-state index contributed by atoms with van der Waals surface area (Å²) in [6, 6.07) is 4.52. The van der Waals surface area contributed by atoms with Gasteiger partial charge >= 0.3 is 0 Å². The first-order valence-electron chi connectivity index (χ1n) is 5.98. The first kappa shape index (κ1) is 13.7. The van der Waals surface area contributed by atoms with E-state index >= 15 is 0 Å². The topological polar surface area (TPSA) is 55.1 Å². The van der Waals surface area contributed by atoms with E-state index < -0.39 is 0 Å². The average molecular weight is 234 g/mol. The molecule has 0 spiro atoms. The Morgan fingerprint density at radius 2 is 1.82 bits per heavy atom. The van der Waals surface area contributed by atoms with Crippen molar-refractivity contribution >= 4 is 5.91 Å². The van der Waals surface area contributed by atoms with Gasteiger partial charge < -0.3 is 11.1 Å². The predicted octanol–water partition coefficient (Wildman–Crippen LogP) is 1.97. The summed E-state index contributed by atoms with van der Waals surface area (Å²) in [5, 5.41) is 3.32. The molecule has 0 bridgehead atoms. The van der Waals surface area contributed by atoms with Crippen LogP contribution < -0.4 is 11.1 Å². The van der Waals surface area contributed by atoms with E-state index in [1.807, 2.05) is 6.92 Å². The van der Waals surface area contributed by atoms with Gasteiger partial charge in [-0.05, 0) is 49.9 Å². The number of nitrogens with two attached hydrogens (primary N) is 1. The fourth-order valence-corrected chi connectivity index (χ4v) is 1.87. The first-order valence-corrected chi connectivity index (χ1v) is 5.98. The van der Waals surface area contributed by atoms with Crippen molar-refractivity contribution in [2.75, 3.05) is 0 Å². The Bertz CT molecular complexity index is 413. The molecule has 0 saturated carbocycles. The van der Waals surface area contributed by atoms with E-state index in [2.05, 4.69) is 38.2 Å². The van der Waals surface area contributed by atoms with Crippen LogP contribution in [-0.4, -0.2) is 11.9 Å². The van der Waals surface area contributed by atoms with Crippen LogP contribution in [0.15, 0.2) is 12.1 Å². The third-order valence-electron chi connectivity index (χ3n) is 3.10. The van der Waals surface area contributed by atoms with E-state index in [-0.39, 0.29) is 11.9 Å². The zero-order chi connectivity index (χ0) is 13.0.